The van der Waals surface area contributed by atoms with Gasteiger partial charge in [-0.15, -0.1) is 0 Å². The van der Waals surface area contributed by atoms with E-state index in [1.807, 2.05) is 36.4 Å². The minimum Gasteiger partial charge on any atom is -0.450 e. The van der Waals surface area contributed by atoms with Crippen LogP contribution in [0.5, 0.6) is 0 Å². The lowest BCUT2D eigenvalue weighted by atomic mass is 10.2. The van der Waals surface area contributed by atoms with Crippen LogP contribution in [0, 0.1) is 0 Å². The Bertz CT molecular complexity index is 1360. The molecule has 5 aromatic rings. The monoisotopic (exact) mass is 420 g/mol. The van der Waals surface area contributed by atoms with Crippen molar-refractivity contribution in [2.45, 2.75) is 6.54 Å². The van der Waals surface area contributed by atoms with Crippen molar-refractivity contribution in [1.82, 2.24) is 14.9 Å². The third-order valence-corrected chi connectivity index (χ3v) is 6.15. The molecule has 2 aromatic heterocycles. The van der Waals surface area contributed by atoms with E-state index in [1.165, 1.54) is 5.56 Å². The molecular formula is C27H24N4O. The van der Waals surface area contributed by atoms with E-state index in [0.717, 1.165) is 72.0 Å². The lowest BCUT2D eigenvalue weighted by Crippen LogP contribution is -2.46. The highest BCUT2D eigenvalue weighted by atomic mass is 16.3. The number of anilines is 1. The van der Waals surface area contributed by atoms with Crippen LogP contribution in [-0.4, -0.2) is 41.0 Å². The molecule has 1 aliphatic rings. The van der Waals surface area contributed by atoms with E-state index in [4.69, 9.17) is 14.4 Å². The number of rotatable bonds is 4. The summed E-state index contributed by atoms with van der Waals surface area (Å²) in [7, 11) is 0. The highest BCUT2D eigenvalue weighted by Gasteiger charge is 2.24. The predicted octanol–water partition coefficient (Wildman–Crippen LogP) is 5.37. The Kier molecular flexibility index (Phi) is 4.81. The Morgan fingerprint density at radius 1 is 0.719 bits per heavy atom. The Hall–Kier alpha value is -3.70. The van der Waals surface area contributed by atoms with E-state index in [-0.39, 0.29) is 0 Å². The van der Waals surface area contributed by atoms with Gasteiger partial charge in [-0.3, -0.25) is 4.90 Å². The highest BCUT2D eigenvalue weighted by molar-refractivity contribution is 6.06. The minimum atomic E-state index is 0.742. The molecule has 0 aliphatic carbocycles. The number of fused-ring (bicyclic) bond motifs is 3. The van der Waals surface area contributed by atoms with Gasteiger partial charge in [0.2, 0.25) is 0 Å². The van der Waals surface area contributed by atoms with Crippen LogP contribution >= 0.6 is 0 Å². The van der Waals surface area contributed by atoms with E-state index in [0.29, 0.717) is 0 Å². The van der Waals surface area contributed by atoms with E-state index in [2.05, 4.69) is 58.3 Å². The van der Waals surface area contributed by atoms with E-state index >= 15 is 0 Å². The van der Waals surface area contributed by atoms with Crippen molar-refractivity contribution in [2.24, 2.45) is 0 Å². The third-order valence-electron chi connectivity index (χ3n) is 6.15. The van der Waals surface area contributed by atoms with E-state index in [9.17, 15) is 0 Å². The summed E-state index contributed by atoms with van der Waals surface area (Å²) in [5.41, 5.74) is 4.89. The number of aromatic nitrogens is 2. The second-order valence-corrected chi connectivity index (χ2v) is 8.26. The maximum atomic E-state index is 6.27. The molecule has 1 aliphatic heterocycles. The van der Waals surface area contributed by atoms with Crippen LogP contribution in [0.15, 0.2) is 89.3 Å². The van der Waals surface area contributed by atoms with Crippen LogP contribution in [-0.2, 0) is 6.54 Å². The lowest BCUT2D eigenvalue weighted by Gasteiger charge is -2.35. The third kappa shape index (κ3) is 3.51. The summed E-state index contributed by atoms with van der Waals surface area (Å²) in [6.45, 7) is 4.77. The number of benzene rings is 3. The first kappa shape index (κ1) is 19.0. The molecule has 0 atom stereocenters. The number of hydrogen-bond donors (Lipinski definition) is 0. The van der Waals surface area contributed by atoms with Gasteiger partial charge >= 0.3 is 0 Å². The van der Waals surface area contributed by atoms with Crippen LogP contribution in [0.4, 0.5) is 5.82 Å². The van der Waals surface area contributed by atoms with Crippen molar-refractivity contribution in [1.29, 1.82) is 0 Å². The Labute approximate surface area is 186 Å². The molecule has 5 nitrogen and oxygen atoms in total. The standard InChI is InChI=1S/C27H24N4O/c1-3-9-20(10-4-1)19-30-15-17-31(18-16-30)27-25-24(22-13-7-8-14-23(22)32-25)28-26(29-27)21-11-5-2-6-12-21/h1-14H,15-19H2. The molecule has 6 rings (SSSR count). The summed E-state index contributed by atoms with van der Waals surface area (Å²) in [4.78, 5) is 14.8. The van der Waals surface area contributed by atoms with Gasteiger partial charge in [-0.05, 0) is 17.7 Å². The van der Waals surface area contributed by atoms with Crippen molar-refractivity contribution >= 4 is 27.9 Å². The van der Waals surface area contributed by atoms with Gasteiger partial charge in [0.15, 0.2) is 17.2 Å². The average molecular weight is 421 g/mol. The molecular weight excluding hydrogens is 396 g/mol. The second-order valence-electron chi connectivity index (χ2n) is 8.26. The van der Waals surface area contributed by atoms with Gasteiger partial charge in [0.25, 0.3) is 0 Å². The Morgan fingerprint density at radius 2 is 1.41 bits per heavy atom. The van der Waals surface area contributed by atoms with E-state index < -0.39 is 0 Å². The largest absolute Gasteiger partial charge is 0.450 e. The Balaban J connectivity index is 1.36. The summed E-state index contributed by atoms with van der Waals surface area (Å²) in [5.74, 6) is 1.63. The fourth-order valence-corrected chi connectivity index (χ4v) is 4.47. The van der Waals surface area contributed by atoms with Crippen molar-refractivity contribution in [3.8, 4) is 11.4 Å². The fraction of sp³-hybridized carbons (Fsp3) is 0.185. The molecule has 1 saturated heterocycles. The van der Waals surface area contributed by atoms with Crippen LogP contribution in [0.2, 0.25) is 0 Å². The molecule has 158 valence electrons. The molecule has 0 amide bonds. The molecule has 0 N–H and O–H groups in total. The van der Waals surface area contributed by atoms with Gasteiger partial charge in [0.1, 0.15) is 11.1 Å². The zero-order chi connectivity index (χ0) is 21.3. The average Bonchev–Trinajstić information content (AvgIpc) is 3.24. The van der Waals surface area contributed by atoms with Crippen LogP contribution < -0.4 is 4.90 Å². The number of piperazine rings is 1. The fourth-order valence-electron chi connectivity index (χ4n) is 4.47. The van der Waals surface area contributed by atoms with Crippen molar-refractivity contribution < 1.29 is 4.42 Å². The number of hydrogen-bond acceptors (Lipinski definition) is 5. The van der Waals surface area contributed by atoms with Gasteiger partial charge in [-0.2, -0.15) is 0 Å². The number of furan rings is 1. The van der Waals surface area contributed by atoms with Gasteiger partial charge < -0.3 is 9.32 Å². The first-order valence-electron chi connectivity index (χ1n) is 11.1. The molecule has 3 aromatic carbocycles. The van der Waals surface area contributed by atoms with E-state index in [1.54, 1.807) is 0 Å². The maximum Gasteiger partial charge on any atom is 0.196 e. The summed E-state index contributed by atoms with van der Waals surface area (Å²) in [6.07, 6.45) is 0. The van der Waals surface area contributed by atoms with Gasteiger partial charge in [-0.1, -0.05) is 72.8 Å². The number of para-hydroxylation sites is 1. The Morgan fingerprint density at radius 3 is 2.19 bits per heavy atom. The van der Waals surface area contributed by atoms with Gasteiger partial charge in [0.05, 0.1) is 0 Å². The lowest BCUT2D eigenvalue weighted by molar-refractivity contribution is 0.249. The van der Waals surface area contributed by atoms with Crippen molar-refractivity contribution in [2.75, 3.05) is 31.1 Å². The summed E-state index contributed by atoms with van der Waals surface area (Å²) >= 11 is 0. The van der Waals surface area contributed by atoms with Gasteiger partial charge in [-0.25, -0.2) is 9.97 Å². The highest BCUT2D eigenvalue weighted by Crippen LogP contribution is 2.35. The van der Waals surface area contributed by atoms with Crippen LogP contribution in [0.3, 0.4) is 0 Å². The summed E-state index contributed by atoms with van der Waals surface area (Å²) in [6, 6.07) is 29.0. The molecule has 0 bridgehead atoms. The molecule has 0 saturated carbocycles. The second kappa shape index (κ2) is 8.09. The SMILES string of the molecule is c1ccc(CN2CCN(c3nc(-c4ccccc4)nc4c3oc3ccccc34)CC2)cc1. The van der Waals surface area contributed by atoms with Crippen LogP contribution in [0.25, 0.3) is 33.5 Å². The quantitative estimate of drug-likeness (QED) is 0.391. The normalized spacial score (nSPS) is 14.9. The topological polar surface area (TPSA) is 45.4 Å². The molecule has 1 fully saturated rings. The van der Waals surface area contributed by atoms with Crippen molar-refractivity contribution in [3.05, 3.63) is 90.5 Å². The smallest absolute Gasteiger partial charge is 0.196 e. The van der Waals surface area contributed by atoms with Crippen molar-refractivity contribution in [3.63, 3.8) is 0 Å². The molecule has 0 unspecified atom stereocenters. The first-order chi connectivity index (χ1) is 15.8. The zero-order valence-corrected chi connectivity index (χ0v) is 17.8. The zero-order valence-electron chi connectivity index (χ0n) is 17.8. The van der Waals surface area contributed by atoms with Crippen LogP contribution in [0.1, 0.15) is 5.56 Å². The molecule has 32 heavy (non-hydrogen) atoms. The predicted molar refractivity (Wildman–Crippen MR) is 129 cm³/mol. The minimum absolute atomic E-state index is 0.742. The summed E-state index contributed by atoms with van der Waals surface area (Å²) in [5, 5.41) is 1.03. The first-order valence-corrected chi connectivity index (χ1v) is 11.1. The molecule has 0 spiro atoms. The maximum absolute atomic E-state index is 6.27. The molecule has 0 radical (unpaired) electrons. The summed E-state index contributed by atoms with van der Waals surface area (Å²) < 4.78 is 6.27. The molecule has 5 heteroatoms. The molecule has 3 heterocycles. The number of nitrogens with zero attached hydrogens (tertiary/aromatic N) is 4. The van der Waals surface area contributed by atoms with Gasteiger partial charge in [0, 0.05) is 43.7 Å².